The van der Waals surface area contributed by atoms with Gasteiger partial charge in [-0.1, -0.05) is 24.3 Å². The van der Waals surface area contributed by atoms with Gasteiger partial charge in [-0.2, -0.15) is 4.98 Å². The van der Waals surface area contributed by atoms with Crippen molar-refractivity contribution in [2.75, 3.05) is 25.9 Å². The highest BCUT2D eigenvalue weighted by molar-refractivity contribution is 5.69. The number of phenols is 1. The Bertz CT molecular complexity index is 970. The topological polar surface area (TPSA) is 79.7 Å². The third-order valence-corrected chi connectivity index (χ3v) is 5.29. The molecule has 0 amide bonds. The lowest BCUT2D eigenvalue weighted by Gasteiger charge is -2.28. The molecule has 0 radical (unpaired) electrons. The Labute approximate surface area is 159 Å². The number of benzene rings is 1. The van der Waals surface area contributed by atoms with Gasteiger partial charge in [0.1, 0.15) is 11.6 Å². The first-order chi connectivity index (χ1) is 13.1. The monoisotopic (exact) mass is 363 g/mol. The summed E-state index contributed by atoms with van der Waals surface area (Å²) < 4.78 is 1.85. The van der Waals surface area contributed by atoms with Gasteiger partial charge in [0.2, 0.25) is 5.78 Å². The normalized spacial score (nSPS) is 16.5. The number of nitrogen functional groups attached to an aromatic ring is 1. The summed E-state index contributed by atoms with van der Waals surface area (Å²) in [5, 5.41) is 10.0. The maximum atomic E-state index is 10.0. The van der Waals surface area contributed by atoms with E-state index in [4.69, 9.17) is 5.73 Å². The summed E-state index contributed by atoms with van der Waals surface area (Å²) >= 11 is 0. The van der Waals surface area contributed by atoms with Gasteiger partial charge in [0, 0.05) is 23.5 Å². The second-order valence-corrected chi connectivity index (χ2v) is 7.32. The van der Waals surface area contributed by atoms with Crippen LogP contribution in [0.1, 0.15) is 24.8 Å². The summed E-state index contributed by atoms with van der Waals surface area (Å²) in [6, 6.07) is 7.15. The first kappa shape index (κ1) is 17.5. The third kappa shape index (κ3) is 3.80. The molecule has 3 N–H and O–H groups in total. The van der Waals surface area contributed by atoms with Crippen LogP contribution in [0, 0.1) is 5.92 Å². The molecule has 0 unspecified atom stereocenters. The molecule has 27 heavy (non-hydrogen) atoms. The predicted octanol–water partition coefficient (Wildman–Crippen LogP) is 3.43. The lowest BCUT2D eigenvalue weighted by Crippen LogP contribution is -2.29. The summed E-state index contributed by atoms with van der Waals surface area (Å²) in [6.07, 6.45) is 11.6. The average Bonchev–Trinajstić information content (AvgIpc) is 3.06. The number of imidazole rings is 1. The van der Waals surface area contributed by atoms with E-state index in [-0.39, 0.29) is 5.75 Å². The SMILES string of the molecule is CN1CCC(C/C=C/c2cn3cc(-c4ccccc4O)nc3nc2N)CC1. The minimum atomic E-state index is 0.201. The van der Waals surface area contributed by atoms with E-state index >= 15 is 0 Å². The van der Waals surface area contributed by atoms with E-state index < -0.39 is 0 Å². The highest BCUT2D eigenvalue weighted by Crippen LogP contribution is 2.28. The Morgan fingerprint density at radius 3 is 2.74 bits per heavy atom. The second-order valence-electron chi connectivity index (χ2n) is 7.32. The molecule has 3 aromatic rings. The maximum Gasteiger partial charge on any atom is 0.236 e. The lowest BCUT2D eigenvalue weighted by atomic mass is 9.93. The highest BCUT2D eigenvalue weighted by atomic mass is 16.3. The molecule has 6 heteroatoms. The van der Waals surface area contributed by atoms with Crippen molar-refractivity contribution in [2.24, 2.45) is 5.92 Å². The largest absolute Gasteiger partial charge is 0.507 e. The lowest BCUT2D eigenvalue weighted by molar-refractivity contribution is 0.221. The molecule has 1 aliphatic heterocycles. The maximum absolute atomic E-state index is 10.0. The van der Waals surface area contributed by atoms with Crippen molar-refractivity contribution in [2.45, 2.75) is 19.3 Å². The van der Waals surface area contributed by atoms with Gasteiger partial charge in [0.15, 0.2) is 0 Å². The molecule has 2 aromatic heterocycles. The van der Waals surface area contributed by atoms with E-state index in [0.717, 1.165) is 17.9 Å². The van der Waals surface area contributed by atoms with Crippen LogP contribution in [0.4, 0.5) is 5.82 Å². The average molecular weight is 363 g/mol. The number of hydrogen-bond acceptors (Lipinski definition) is 5. The van der Waals surface area contributed by atoms with E-state index in [9.17, 15) is 5.11 Å². The highest BCUT2D eigenvalue weighted by Gasteiger charge is 2.15. The van der Waals surface area contributed by atoms with Crippen molar-refractivity contribution in [3.63, 3.8) is 0 Å². The molecular formula is C21H25N5O. The number of nitrogens with zero attached hydrogens (tertiary/aromatic N) is 4. The van der Waals surface area contributed by atoms with E-state index in [1.807, 2.05) is 28.9 Å². The summed E-state index contributed by atoms with van der Waals surface area (Å²) in [6.45, 7) is 2.36. The Morgan fingerprint density at radius 2 is 1.96 bits per heavy atom. The van der Waals surface area contributed by atoms with Crippen LogP contribution in [0.2, 0.25) is 0 Å². The van der Waals surface area contributed by atoms with E-state index in [2.05, 4.69) is 34.1 Å². The first-order valence-electron chi connectivity index (χ1n) is 9.39. The fourth-order valence-corrected chi connectivity index (χ4v) is 3.58. The van der Waals surface area contributed by atoms with Crippen LogP contribution in [-0.2, 0) is 0 Å². The van der Waals surface area contributed by atoms with Crippen LogP contribution in [0.25, 0.3) is 23.1 Å². The van der Waals surface area contributed by atoms with Crippen LogP contribution < -0.4 is 5.73 Å². The summed E-state index contributed by atoms with van der Waals surface area (Å²) in [7, 11) is 2.18. The van der Waals surface area contributed by atoms with Gasteiger partial charge in [-0.25, -0.2) is 4.98 Å². The van der Waals surface area contributed by atoms with Gasteiger partial charge in [-0.05, 0) is 57.5 Å². The number of aromatic nitrogens is 3. The Hall–Kier alpha value is -2.86. The molecular weight excluding hydrogens is 338 g/mol. The molecule has 0 saturated carbocycles. The molecule has 1 aromatic carbocycles. The van der Waals surface area contributed by atoms with Crippen molar-refractivity contribution in [1.29, 1.82) is 0 Å². The number of phenolic OH excluding ortho intramolecular Hbond substituents is 1. The van der Waals surface area contributed by atoms with Gasteiger partial charge in [0.25, 0.3) is 0 Å². The van der Waals surface area contributed by atoms with E-state index in [1.165, 1.54) is 25.9 Å². The number of rotatable bonds is 4. The minimum absolute atomic E-state index is 0.201. The van der Waals surface area contributed by atoms with Crippen LogP contribution in [0.5, 0.6) is 5.75 Å². The molecule has 1 saturated heterocycles. The number of allylic oxidation sites excluding steroid dienone is 1. The zero-order valence-electron chi connectivity index (χ0n) is 15.5. The molecule has 1 aliphatic rings. The predicted molar refractivity (Wildman–Crippen MR) is 108 cm³/mol. The van der Waals surface area contributed by atoms with Gasteiger partial charge >= 0.3 is 0 Å². The molecule has 0 aliphatic carbocycles. The molecule has 0 spiro atoms. The molecule has 6 nitrogen and oxygen atoms in total. The molecule has 1 fully saturated rings. The van der Waals surface area contributed by atoms with Gasteiger partial charge in [0.05, 0.1) is 5.69 Å². The van der Waals surface area contributed by atoms with Crippen LogP contribution >= 0.6 is 0 Å². The number of aromatic hydroxyl groups is 1. The van der Waals surface area contributed by atoms with E-state index in [0.29, 0.717) is 22.9 Å². The number of anilines is 1. The number of likely N-dealkylation sites (tertiary alicyclic amines) is 1. The van der Waals surface area contributed by atoms with Crippen molar-refractivity contribution < 1.29 is 5.11 Å². The number of hydrogen-bond donors (Lipinski definition) is 2. The van der Waals surface area contributed by atoms with Crippen molar-refractivity contribution >= 4 is 17.7 Å². The minimum Gasteiger partial charge on any atom is -0.507 e. The number of piperidine rings is 1. The quantitative estimate of drug-likeness (QED) is 0.742. The number of nitrogens with two attached hydrogens (primary N) is 1. The second kappa shape index (κ2) is 7.40. The zero-order chi connectivity index (χ0) is 18.8. The Balaban J connectivity index is 1.54. The van der Waals surface area contributed by atoms with Crippen molar-refractivity contribution in [1.82, 2.24) is 19.3 Å². The Kier molecular flexibility index (Phi) is 4.81. The zero-order valence-corrected chi connectivity index (χ0v) is 15.5. The fourth-order valence-electron chi connectivity index (χ4n) is 3.58. The molecule has 4 rings (SSSR count). The summed E-state index contributed by atoms with van der Waals surface area (Å²) in [4.78, 5) is 11.3. The van der Waals surface area contributed by atoms with Gasteiger partial charge in [-0.3, -0.25) is 4.40 Å². The molecule has 0 bridgehead atoms. The molecule has 0 atom stereocenters. The fraction of sp³-hybridized carbons (Fsp3) is 0.333. The van der Waals surface area contributed by atoms with Gasteiger partial charge < -0.3 is 15.7 Å². The van der Waals surface area contributed by atoms with E-state index in [1.54, 1.807) is 12.1 Å². The van der Waals surface area contributed by atoms with Gasteiger partial charge in [-0.15, -0.1) is 0 Å². The van der Waals surface area contributed by atoms with Crippen LogP contribution in [0.3, 0.4) is 0 Å². The smallest absolute Gasteiger partial charge is 0.236 e. The van der Waals surface area contributed by atoms with Crippen LogP contribution in [-0.4, -0.2) is 44.5 Å². The molecule has 140 valence electrons. The molecule has 3 heterocycles. The number of fused-ring (bicyclic) bond motifs is 1. The first-order valence-corrected chi connectivity index (χ1v) is 9.39. The van der Waals surface area contributed by atoms with Crippen LogP contribution in [0.15, 0.2) is 42.7 Å². The summed E-state index contributed by atoms with van der Waals surface area (Å²) in [5.74, 6) is 1.94. The third-order valence-electron chi connectivity index (χ3n) is 5.29. The Morgan fingerprint density at radius 1 is 1.19 bits per heavy atom. The number of para-hydroxylation sites is 1. The standard InChI is InChI=1S/C21H25N5O/c1-25-11-9-15(10-12-25)5-4-6-16-13-26-14-18(23-21(26)24-20(16)22)17-7-2-3-8-19(17)27/h2-4,6-8,13-15,27H,5,9-12H2,1H3,(H2,22,23,24)/b6-4+. The van der Waals surface area contributed by atoms with Crippen molar-refractivity contribution in [3.8, 4) is 17.0 Å². The summed E-state index contributed by atoms with van der Waals surface area (Å²) in [5.41, 5.74) is 8.37. The van der Waals surface area contributed by atoms with Crippen molar-refractivity contribution in [3.05, 3.63) is 48.3 Å².